The van der Waals surface area contributed by atoms with Crippen molar-refractivity contribution in [1.29, 1.82) is 0 Å². The first-order chi connectivity index (χ1) is 9.00. The van der Waals surface area contributed by atoms with E-state index in [9.17, 15) is 9.90 Å². The summed E-state index contributed by atoms with van der Waals surface area (Å²) in [5.74, 6) is -0.660. The average molecular weight is 270 g/mol. The number of carboxylic acids is 1. The number of nitrogens with zero attached hydrogens (tertiary/aromatic N) is 2. The van der Waals surface area contributed by atoms with Crippen molar-refractivity contribution in [3.8, 4) is 0 Å². The molecule has 0 aromatic rings. The summed E-state index contributed by atoms with van der Waals surface area (Å²) in [6.07, 6.45) is 6.68. The van der Waals surface area contributed by atoms with E-state index < -0.39 is 11.5 Å². The molecule has 1 rings (SSSR count). The van der Waals surface area contributed by atoms with Gasteiger partial charge in [0.05, 0.1) is 0 Å². The van der Waals surface area contributed by atoms with Crippen LogP contribution < -0.4 is 0 Å². The Morgan fingerprint density at radius 1 is 1.11 bits per heavy atom. The fraction of sp³-hybridized carbons (Fsp3) is 0.933. The molecule has 19 heavy (non-hydrogen) atoms. The van der Waals surface area contributed by atoms with Crippen LogP contribution in [0.2, 0.25) is 0 Å². The first-order valence-electron chi connectivity index (χ1n) is 7.67. The Morgan fingerprint density at radius 2 is 1.68 bits per heavy atom. The predicted molar refractivity (Wildman–Crippen MR) is 78.5 cm³/mol. The molecule has 0 saturated carbocycles. The Bertz CT molecular complexity index is 275. The molecule has 0 bridgehead atoms. The molecule has 0 aromatic carbocycles. The molecule has 0 amide bonds. The van der Waals surface area contributed by atoms with Crippen LogP contribution in [-0.2, 0) is 4.79 Å². The van der Waals surface area contributed by atoms with Crippen LogP contribution in [0.1, 0.15) is 52.4 Å². The Morgan fingerprint density at radius 3 is 2.21 bits per heavy atom. The lowest BCUT2D eigenvalue weighted by Crippen LogP contribution is -2.58. The molecule has 1 N–H and O–H groups in total. The molecule has 1 aliphatic rings. The quantitative estimate of drug-likeness (QED) is 0.688. The predicted octanol–water partition coefficient (Wildman–Crippen LogP) is 2.44. The van der Waals surface area contributed by atoms with Crippen LogP contribution in [0, 0.1) is 0 Å². The van der Waals surface area contributed by atoms with Gasteiger partial charge in [0.25, 0.3) is 0 Å². The van der Waals surface area contributed by atoms with Crippen LogP contribution in [0.4, 0.5) is 0 Å². The Balaban J connectivity index is 2.46. The molecular formula is C15H30N2O2. The smallest absolute Gasteiger partial charge is 0.323 e. The first-order valence-corrected chi connectivity index (χ1v) is 7.67. The van der Waals surface area contributed by atoms with E-state index >= 15 is 0 Å². The summed E-state index contributed by atoms with van der Waals surface area (Å²) in [5.41, 5.74) is -0.673. The number of carboxylic acid groups (broad SMARTS) is 1. The monoisotopic (exact) mass is 270 g/mol. The van der Waals surface area contributed by atoms with Crippen molar-refractivity contribution in [3.63, 3.8) is 0 Å². The molecule has 0 aromatic heterocycles. The van der Waals surface area contributed by atoms with Gasteiger partial charge in [-0.25, -0.2) is 0 Å². The zero-order valence-corrected chi connectivity index (χ0v) is 12.8. The van der Waals surface area contributed by atoms with Crippen molar-refractivity contribution in [2.75, 3.05) is 33.2 Å². The summed E-state index contributed by atoms with van der Waals surface area (Å²) in [7, 11) is 2.10. The highest BCUT2D eigenvalue weighted by molar-refractivity contribution is 5.78. The van der Waals surface area contributed by atoms with Gasteiger partial charge in [0.2, 0.25) is 0 Å². The van der Waals surface area contributed by atoms with Crippen LogP contribution in [0.25, 0.3) is 0 Å². The molecule has 112 valence electrons. The maximum atomic E-state index is 11.7. The minimum Gasteiger partial charge on any atom is -0.480 e. The van der Waals surface area contributed by atoms with E-state index in [2.05, 4.69) is 23.8 Å². The number of rotatable bonds is 8. The minimum atomic E-state index is -0.673. The normalized spacial score (nSPS) is 21.2. The molecule has 0 aliphatic carbocycles. The van der Waals surface area contributed by atoms with Gasteiger partial charge < -0.3 is 10.0 Å². The highest BCUT2D eigenvalue weighted by atomic mass is 16.4. The Labute approximate surface area is 117 Å². The zero-order chi connectivity index (χ0) is 14.3. The van der Waals surface area contributed by atoms with Gasteiger partial charge in [-0.2, -0.15) is 0 Å². The number of unbranched alkanes of at least 4 members (excludes halogenated alkanes) is 4. The molecular weight excluding hydrogens is 240 g/mol. The van der Waals surface area contributed by atoms with Gasteiger partial charge in [-0.1, -0.05) is 39.0 Å². The third kappa shape index (κ3) is 4.77. The topological polar surface area (TPSA) is 43.8 Å². The van der Waals surface area contributed by atoms with Gasteiger partial charge in [-0.05, 0) is 20.4 Å². The lowest BCUT2D eigenvalue weighted by atomic mass is 9.91. The summed E-state index contributed by atoms with van der Waals surface area (Å²) in [5, 5.41) is 9.60. The lowest BCUT2D eigenvalue weighted by molar-refractivity contribution is -0.152. The molecule has 4 nitrogen and oxygen atoms in total. The van der Waals surface area contributed by atoms with E-state index in [-0.39, 0.29) is 0 Å². The van der Waals surface area contributed by atoms with E-state index in [1.807, 2.05) is 6.92 Å². The molecule has 1 unspecified atom stereocenters. The van der Waals surface area contributed by atoms with E-state index in [4.69, 9.17) is 0 Å². The van der Waals surface area contributed by atoms with E-state index in [1.165, 1.54) is 19.3 Å². The number of hydrogen-bond acceptors (Lipinski definition) is 3. The second-order valence-electron chi connectivity index (χ2n) is 6.03. The Hall–Kier alpha value is -0.610. The first kappa shape index (κ1) is 16.4. The van der Waals surface area contributed by atoms with Crippen molar-refractivity contribution >= 4 is 5.97 Å². The number of aliphatic carboxylic acids is 1. The minimum absolute atomic E-state index is 0.660. The van der Waals surface area contributed by atoms with Crippen molar-refractivity contribution in [2.24, 2.45) is 0 Å². The summed E-state index contributed by atoms with van der Waals surface area (Å²) < 4.78 is 0. The van der Waals surface area contributed by atoms with E-state index in [0.717, 1.165) is 45.4 Å². The fourth-order valence-electron chi connectivity index (χ4n) is 2.77. The number of likely N-dealkylation sites (N-methyl/N-ethyl adjacent to an activating group) is 1. The van der Waals surface area contributed by atoms with Gasteiger partial charge in [-0.3, -0.25) is 9.69 Å². The van der Waals surface area contributed by atoms with Crippen LogP contribution in [0.15, 0.2) is 0 Å². The molecule has 1 fully saturated rings. The Kier molecular flexibility index (Phi) is 6.80. The maximum absolute atomic E-state index is 11.7. The molecule has 0 radical (unpaired) electrons. The van der Waals surface area contributed by atoms with Crippen LogP contribution in [0.5, 0.6) is 0 Å². The van der Waals surface area contributed by atoms with Gasteiger partial charge in [0, 0.05) is 26.2 Å². The SMILES string of the molecule is CCCCCCCC(C)(C(=O)O)N1CCN(C)CC1. The van der Waals surface area contributed by atoms with Crippen molar-refractivity contribution in [3.05, 3.63) is 0 Å². The molecule has 1 heterocycles. The second-order valence-corrected chi connectivity index (χ2v) is 6.03. The second kappa shape index (κ2) is 7.85. The summed E-state index contributed by atoms with van der Waals surface area (Å²) in [6, 6.07) is 0. The molecule has 4 heteroatoms. The van der Waals surface area contributed by atoms with Gasteiger partial charge >= 0.3 is 5.97 Å². The summed E-state index contributed by atoms with van der Waals surface area (Å²) >= 11 is 0. The van der Waals surface area contributed by atoms with Crippen molar-refractivity contribution in [1.82, 2.24) is 9.80 Å². The fourth-order valence-corrected chi connectivity index (χ4v) is 2.77. The molecule has 1 atom stereocenters. The van der Waals surface area contributed by atoms with Gasteiger partial charge in [0.15, 0.2) is 0 Å². The summed E-state index contributed by atoms with van der Waals surface area (Å²) in [4.78, 5) is 16.1. The van der Waals surface area contributed by atoms with Crippen molar-refractivity contribution in [2.45, 2.75) is 57.9 Å². The van der Waals surface area contributed by atoms with E-state index in [1.54, 1.807) is 0 Å². The van der Waals surface area contributed by atoms with E-state index in [0.29, 0.717) is 0 Å². The third-order valence-corrected chi connectivity index (χ3v) is 4.43. The van der Waals surface area contributed by atoms with Gasteiger partial charge in [-0.15, -0.1) is 0 Å². The standard InChI is InChI=1S/C15H30N2O2/c1-4-5-6-7-8-9-15(2,14(18)19)17-12-10-16(3)11-13-17/h4-13H2,1-3H3,(H,18,19). The lowest BCUT2D eigenvalue weighted by Gasteiger charge is -2.42. The average Bonchev–Trinajstić information content (AvgIpc) is 2.38. The maximum Gasteiger partial charge on any atom is 0.323 e. The van der Waals surface area contributed by atoms with Crippen LogP contribution in [-0.4, -0.2) is 59.6 Å². The molecule has 1 saturated heterocycles. The highest BCUT2D eigenvalue weighted by Crippen LogP contribution is 2.24. The number of hydrogen-bond donors (Lipinski definition) is 1. The van der Waals surface area contributed by atoms with Crippen LogP contribution >= 0.6 is 0 Å². The van der Waals surface area contributed by atoms with Gasteiger partial charge in [0.1, 0.15) is 5.54 Å². The molecule has 1 aliphatic heterocycles. The van der Waals surface area contributed by atoms with Crippen molar-refractivity contribution < 1.29 is 9.90 Å². The largest absolute Gasteiger partial charge is 0.480 e. The molecule has 0 spiro atoms. The highest BCUT2D eigenvalue weighted by Gasteiger charge is 2.39. The zero-order valence-electron chi connectivity index (χ0n) is 12.8. The number of piperazine rings is 1. The summed E-state index contributed by atoms with van der Waals surface area (Å²) in [6.45, 7) is 7.78. The van der Waals surface area contributed by atoms with Crippen LogP contribution in [0.3, 0.4) is 0 Å². The third-order valence-electron chi connectivity index (χ3n) is 4.43. The number of carbonyl (C=O) groups is 1.